The van der Waals surface area contributed by atoms with E-state index < -0.39 is 0 Å². The van der Waals surface area contributed by atoms with Gasteiger partial charge in [-0.1, -0.05) is 0 Å². The molecule has 0 aliphatic heterocycles. The van der Waals surface area contributed by atoms with Crippen molar-refractivity contribution in [1.82, 2.24) is 4.98 Å². The third kappa shape index (κ3) is 2.29. The molecule has 0 saturated heterocycles. The second kappa shape index (κ2) is 4.72. The van der Waals surface area contributed by atoms with Crippen LogP contribution in [0.25, 0.3) is 0 Å². The first-order valence-electron chi connectivity index (χ1n) is 4.51. The molecule has 0 amide bonds. The molecule has 0 atom stereocenters. The minimum absolute atomic E-state index is 0.341. The summed E-state index contributed by atoms with van der Waals surface area (Å²) in [5.41, 5.74) is 7.65. The fourth-order valence-electron chi connectivity index (χ4n) is 1.14. The number of nitrogens with two attached hydrogens (primary N) is 1. The Morgan fingerprint density at radius 3 is 2.86 bits per heavy atom. The molecule has 0 radical (unpaired) electrons. The summed E-state index contributed by atoms with van der Waals surface area (Å²) in [5.74, 6) is -0.341. The van der Waals surface area contributed by atoms with Gasteiger partial charge in [0.05, 0.1) is 17.9 Å². The summed E-state index contributed by atoms with van der Waals surface area (Å²) < 4.78 is 4.85. The van der Waals surface area contributed by atoms with Gasteiger partial charge >= 0.3 is 5.97 Å². The van der Waals surface area contributed by atoms with Gasteiger partial charge in [-0.05, 0) is 25.5 Å². The van der Waals surface area contributed by atoms with E-state index in [4.69, 9.17) is 10.5 Å². The zero-order valence-corrected chi connectivity index (χ0v) is 8.41. The number of esters is 1. The second-order valence-electron chi connectivity index (χ2n) is 2.91. The van der Waals surface area contributed by atoms with Gasteiger partial charge in [-0.2, -0.15) is 0 Å². The Bertz CT molecular complexity index is 337. The Labute approximate surface area is 83.1 Å². The molecule has 76 valence electrons. The molecular formula is C10H14N2O2. The van der Waals surface area contributed by atoms with Gasteiger partial charge in [-0.3, -0.25) is 4.98 Å². The first kappa shape index (κ1) is 10.7. The fourth-order valence-corrected chi connectivity index (χ4v) is 1.14. The summed E-state index contributed by atoms with van der Waals surface area (Å²) in [4.78, 5) is 15.4. The number of rotatable bonds is 3. The monoisotopic (exact) mass is 194 g/mol. The van der Waals surface area contributed by atoms with E-state index in [9.17, 15) is 4.79 Å². The summed E-state index contributed by atoms with van der Waals surface area (Å²) in [7, 11) is 0. The number of carbonyl (C=O) groups is 1. The van der Waals surface area contributed by atoms with E-state index >= 15 is 0 Å². The van der Waals surface area contributed by atoms with Crippen molar-refractivity contribution in [1.29, 1.82) is 0 Å². The first-order valence-corrected chi connectivity index (χ1v) is 4.51. The van der Waals surface area contributed by atoms with Crippen LogP contribution in [0.5, 0.6) is 0 Å². The number of aryl methyl sites for hydroxylation is 1. The van der Waals surface area contributed by atoms with Gasteiger partial charge in [0.1, 0.15) is 0 Å². The van der Waals surface area contributed by atoms with Gasteiger partial charge < -0.3 is 10.5 Å². The molecule has 0 fully saturated rings. The topological polar surface area (TPSA) is 65.2 Å². The highest BCUT2D eigenvalue weighted by atomic mass is 16.5. The minimum Gasteiger partial charge on any atom is -0.462 e. The number of nitrogens with zero attached hydrogens (tertiary/aromatic N) is 1. The van der Waals surface area contributed by atoms with Crippen LogP contribution in [0.1, 0.15) is 28.5 Å². The molecule has 0 aromatic carbocycles. The van der Waals surface area contributed by atoms with E-state index in [1.807, 2.05) is 6.92 Å². The quantitative estimate of drug-likeness (QED) is 0.730. The molecule has 0 spiro atoms. The van der Waals surface area contributed by atoms with E-state index in [-0.39, 0.29) is 5.97 Å². The SMILES string of the molecule is CCOC(=O)c1cnc(CN)c(C)c1. The highest BCUT2D eigenvalue weighted by molar-refractivity contribution is 5.89. The van der Waals surface area contributed by atoms with Crippen LogP contribution in [0.2, 0.25) is 0 Å². The minimum atomic E-state index is -0.341. The molecule has 1 aromatic rings. The van der Waals surface area contributed by atoms with Crippen LogP contribution in [-0.4, -0.2) is 17.6 Å². The molecule has 0 bridgehead atoms. The molecule has 14 heavy (non-hydrogen) atoms. The van der Waals surface area contributed by atoms with Crippen molar-refractivity contribution in [3.05, 3.63) is 29.1 Å². The predicted octanol–water partition coefficient (Wildman–Crippen LogP) is 1.03. The van der Waals surface area contributed by atoms with Gasteiger partial charge in [0.15, 0.2) is 0 Å². The van der Waals surface area contributed by atoms with Crippen LogP contribution in [0.3, 0.4) is 0 Å². The number of ether oxygens (including phenoxy) is 1. The fraction of sp³-hybridized carbons (Fsp3) is 0.400. The summed E-state index contributed by atoms with van der Waals surface area (Å²) in [6.07, 6.45) is 1.49. The van der Waals surface area contributed by atoms with Gasteiger partial charge in [-0.25, -0.2) is 4.79 Å². The number of aromatic nitrogens is 1. The maximum absolute atomic E-state index is 11.3. The van der Waals surface area contributed by atoms with Crippen LogP contribution >= 0.6 is 0 Å². The van der Waals surface area contributed by atoms with E-state index in [1.54, 1.807) is 13.0 Å². The maximum atomic E-state index is 11.3. The Morgan fingerprint density at radius 1 is 1.64 bits per heavy atom. The highest BCUT2D eigenvalue weighted by Gasteiger charge is 2.08. The number of carbonyl (C=O) groups excluding carboxylic acids is 1. The third-order valence-electron chi connectivity index (χ3n) is 1.89. The van der Waals surface area contributed by atoms with Gasteiger partial charge in [0.25, 0.3) is 0 Å². The summed E-state index contributed by atoms with van der Waals surface area (Å²) >= 11 is 0. The first-order chi connectivity index (χ1) is 6.69. The molecule has 0 unspecified atom stereocenters. The lowest BCUT2D eigenvalue weighted by Gasteiger charge is -2.05. The molecular weight excluding hydrogens is 180 g/mol. The molecule has 1 aromatic heterocycles. The normalized spacial score (nSPS) is 9.93. The van der Waals surface area contributed by atoms with Crippen molar-refractivity contribution in [3.63, 3.8) is 0 Å². The van der Waals surface area contributed by atoms with E-state index in [2.05, 4.69) is 4.98 Å². The number of hydrogen-bond donors (Lipinski definition) is 1. The predicted molar refractivity (Wildman–Crippen MR) is 52.8 cm³/mol. The Morgan fingerprint density at radius 2 is 2.36 bits per heavy atom. The molecule has 2 N–H and O–H groups in total. The lowest BCUT2D eigenvalue weighted by Crippen LogP contribution is -2.08. The number of hydrogen-bond acceptors (Lipinski definition) is 4. The van der Waals surface area contributed by atoms with Gasteiger partial charge in [0.2, 0.25) is 0 Å². The standard InChI is InChI=1S/C10H14N2O2/c1-3-14-10(13)8-4-7(2)9(5-11)12-6-8/h4,6H,3,5,11H2,1-2H3. The molecule has 0 aliphatic carbocycles. The Balaban J connectivity index is 2.91. The van der Waals surface area contributed by atoms with Gasteiger partial charge in [-0.15, -0.1) is 0 Å². The summed E-state index contributed by atoms with van der Waals surface area (Å²) in [6, 6.07) is 1.74. The van der Waals surface area contributed by atoms with Crippen LogP contribution in [-0.2, 0) is 11.3 Å². The van der Waals surface area contributed by atoms with Crippen LogP contribution < -0.4 is 5.73 Å². The Hall–Kier alpha value is -1.42. The molecule has 0 aliphatic rings. The van der Waals surface area contributed by atoms with Crippen molar-refractivity contribution in [3.8, 4) is 0 Å². The third-order valence-corrected chi connectivity index (χ3v) is 1.89. The Kier molecular flexibility index (Phi) is 3.59. The number of pyridine rings is 1. The van der Waals surface area contributed by atoms with E-state index in [1.165, 1.54) is 6.20 Å². The maximum Gasteiger partial charge on any atom is 0.339 e. The molecule has 0 saturated carbocycles. The van der Waals surface area contributed by atoms with Crippen molar-refractivity contribution in [2.75, 3.05) is 6.61 Å². The van der Waals surface area contributed by atoms with Crippen molar-refractivity contribution >= 4 is 5.97 Å². The molecule has 1 rings (SSSR count). The summed E-state index contributed by atoms with van der Waals surface area (Å²) in [6.45, 7) is 4.40. The van der Waals surface area contributed by atoms with Gasteiger partial charge in [0, 0.05) is 12.7 Å². The van der Waals surface area contributed by atoms with Crippen LogP contribution in [0.4, 0.5) is 0 Å². The average Bonchev–Trinajstić information content (AvgIpc) is 2.18. The van der Waals surface area contributed by atoms with E-state index in [0.29, 0.717) is 18.7 Å². The van der Waals surface area contributed by atoms with Crippen molar-refractivity contribution in [2.45, 2.75) is 20.4 Å². The van der Waals surface area contributed by atoms with Crippen molar-refractivity contribution < 1.29 is 9.53 Å². The van der Waals surface area contributed by atoms with E-state index in [0.717, 1.165) is 11.3 Å². The highest BCUT2D eigenvalue weighted by Crippen LogP contribution is 2.08. The molecule has 4 nitrogen and oxygen atoms in total. The largest absolute Gasteiger partial charge is 0.462 e. The van der Waals surface area contributed by atoms with Crippen LogP contribution in [0, 0.1) is 6.92 Å². The smallest absolute Gasteiger partial charge is 0.339 e. The van der Waals surface area contributed by atoms with Crippen LogP contribution in [0.15, 0.2) is 12.3 Å². The zero-order chi connectivity index (χ0) is 10.6. The lowest BCUT2D eigenvalue weighted by molar-refractivity contribution is 0.0525. The summed E-state index contributed by atoms with van der Waals surface area (Å²) in [5, 5.41) is 0. The molecule has 1 heterocycles. The zero-order valence-electron chi connectivity index (χ0n) is 8.41. The second-order valence-corrected chi connectivity index (χ2v) is 2.91. The lowest BCUT2D eigenvalue weighted by atomic mass is 10.1. The average molecular weight is 194 g/mol. The molecule has 4 heteroatoms. The van der Waals surface area contributed by atoms with Crippen molar-refractivity contribution in [2.24, 2.45) is 5.73 Å².